The molecule has 0 bridgehead atoms. The number of hydrogen-bond acceptors (Lipinski definition) is 17. The van der Waals surface area contributed by atoms with E-state index in [0.717, 1.165) is 119 Å². The lowest BCUT2D eigenvalue weighted by Crippen LogP contribution is -2.43. The van der Waals surface area contributed by atoms with Crippen molar-refractivity contribution in [1.82, 2.24) is 59.6 Å². The van der Waals surface area contributed by atoms with Crippen molar-refractivity contribution in [3.05, 3.63) is 183 Å². The van der Waals surface area contributed by atoms with Crippen LogP contribution in [0.1, 0.15) is 157 Å². The molecule has 0 spiro atoms. The maximum absolute atomic E-state index is 13.9. The van der Waals surface area contributed by atoms with E-state index in [1.807, 2.05) is 80.5 Å². The molecule has 13 rings (SSSR count). The van der Waals surface area contributed by atoms with Gasteiger partial charge in [-0.3, -0.25) is 33.8 Å². The molecule has 22 nitrogen and oxygen atoms in total. The summed E-state index contributed by atoms with van der Waals surface area (Å²) in [6.45, 7) is 41.8. The fraction of sp³-hybridized carbons (Fsp3) is 0.481. The second-order valence-corrected chi connectivity index (χ2v) is 31.8. The molecule has 5 N–H and O–H groups in total. The van der Waals surface area contributed by atoms with Crippen molar-refractivity contribution in [3.8, 4) is 17.2 Å². The van der Waals surface area contributed by atoms with Crippen molar-refractivity contribution in [2.24, 2.45) is 0 Å². The number of piperazine rings is 1. The van der Waals surface area contributed by atoms with Crippen LogP contribution < -0.4 is 46.9 Å². The minimum atomic E-state index is -0.345. The van der Waals surface area contributed by atoms with E-state index in [1.165, 1.54) is 30.4 Å². The van der Waals surface area contributed by atoms with Crippen LogP contribution in [0.5, 0.6) is 17.2 Å². The molecule has 0 atom stereocenters. The third-order valence-corrected chi connectivity index (χ3v) is 18.2. The molecule has 23 heteroatoms. The van der Waals surface area contributed by atoms with E-state index in [-0.39, 0.29) is 60.7 Å². The van der Waals surface area contributed by atoms with Gasteiger partial charge in [0.15, 0.2) is 11.5 Å². The molecule has 5 aromatic heterocycles. The molecule has 5 aromatic carbocycles. The summed E-state index contributed by atoms with van der Waals surface area (Å²) in [5.41, 5.74) is 5.08. The van der Waals surface area contributed by atoms with Gasteiger partial charge in [0.05, 0.1) is 83.8 Å². The number of H-pyrrole nitrogens is 5. The Labute approximate surface area is 595 Å². The first-order chi connectivity index (χ1) is 47.9. The van der Waals surface area contributed by atoms with Crippen LogP contribution in [0, 0.1) is 5.82 Å². The average molecular weight is 1400 g/mol. The van der Waals surface area contributed by atoms with Crippen LogP contribution in [-0.4, -0.2) is 154 Å². The van der Waals surface area contributed by atoms with Crippen molar-refractivity contribution in [2.75, 3.05) is 98.8 Å². The second-order valence-electron chi connectivity index (χ2n) is 31.8. The fourth-order valence-electron chi connectivity index (χ4n) is 11.9. The van der Waals surface area contributed by atoms with Gasteiger partial charge in [0.25, 0.3) is 27.8 Å². The Morgan fingerprint density at radius 1 is 0.431 bits per heavy atom. The summed E-state index contributed by atoms with van der Waals surface area (Å²) < 4.78 is 34.9. The Bertz CT molecular complexity index is 4930. The first-order valence-electron chi connectivity index (χ1n) is 35.1. The van der Waals surface area contributed by atoms with Crippen LogP contribution in [0.2, 0.25) is 0 Å². The predicted molar refractivity (Wildman–Crippen MR) is 407 cm³/mol. The lowest BCUT2D eigenvalue weighted by molar-refractivity contribution is 0.0342. The molecule has 0 radical (unpaired) electrons. The highest BCUT2D eigenvalue weighted by atomic mass is 19.1. The minimum absolute atomic E-state index is 0.00579. The van der Waals surface area contributed by atoms with Crippen molar-refractivity contribution in [1.29, 1.82) is 0 Å². The molecule has 546 valence electrons. The van der Waals surface area contributed by atoms with E-state index in [9.17, 15) is 28.4 Å². The monoisotopic (exact) mass is 1400 g/mol. The molecule has 0 unspecified atom stereocenters. The number of pyridine rings is 1. The standard InChI is InChI=1S/C18H26N4O.C18H24N2O2.C16H20FN3O.C14H18N2O3.C13H16N2O2/c1-18(2,3)17-19-15-6-5-13(11-14(15)16(23)20-17)12-22-9-7-21(4)8-10-22;1-18(2,3)16-11-14-5-4-13(10-15(14)17(21)19-16)12-20-6-8-22-9-7-20;1-16(2,3)15-18-11-8-10(17)9-12(13(11)14(21)19-15)20-6-4-5-7-20;1-14(2,3)13-15-9-7-11(19-5)10(18-4)6-8(9)12(17)16-13;1-13(2,3)12-14-10-7-8(17-4)5-6-9(10)11(16)15-12/h5-6,11H,7-10,12H2,1-4H3,(H,19,20,23);4-5,10-11H,6-9,12H2,1-3H3,(H,19,21);8-9H,4-7H2,1-3H3,(H,18,19,21);6-7H,1-5H3,(H,15,16,17);5-7H,1-4H3,(H,14,15,16). The van der Waals surface area contributed by atoms with Gasteiger partial charge in [-0.2, -0.15) is 0 Å². The highest BCUT2D eigenvalue weighted by molar-refractivity contribution is 5.91. The molecule has 3 aliphatic heterocycles. The molecule has 0 aliphatic carbocycles. The molecular weight excluding hydrogens is 1290 g/mol. The summed E-state index contributed by atoms with van der Waals surface area (Å²) in [7, 11) is 6.85. The first-order valence-corrected chi connectivity index (χ1v) is 35.1. The van der Waals surface area contributed by atoms with E-state index >= 15 is 0 Å². The largest absolute Gasteiger partial charge is 0.497 e. The van der Waals surface area contributed by atoms with E-state index < -0.39 is 0 Å². The maximum atomic E-state index is 13.9. The van der Waals surface area contributed by atoms with E-state index in [0.29, 0.717) is 78.5 Å². The van der Waals surface area contributed by atoms with Crippen LogP contribution in [0.4, 0.5) is 10.1 Å². The van der Waals surface area contributed by atoms with E-state index in [1.54, 1.807) is 44.6 Å². The Hall–Kier alpha value is -9.16. The number of hydrogen-bond donors (Lipinski definition) is 5. The lowest BCUT2D eigenvalue weighted by atomic mass is 9.90. The highest BCUT2D eigenvalue weighted by Gasteiger charge is 2.26. The quantitative estimate of drug-likeness (QED) is 0.0946. The van der Waals surface area contributed by atoms with Gasteiger partial charge in [-0.05, 0) is 84.9 Å². The Morgan fingerprint density at radius 2 is 0.892 bits per heavy atom. The van der Waals surface area contributed by atoms with Crippen LogP contribution in [-0.2, 0) is 44.9 Å². The Morgan fingerprint density at radius 3 is 1.42 bits per heavy atom. The minimum Gasteiger partial charge on any atom is -0.497 e. The number of anilines is 1. The Kier molecular flexibility index (Phi) is 23.9. The van der Waals surface area contributed by atoms with Gasteiger partial charge in [0.2, 0.25) is 0 Å². The number of halogens is 1. The molecule has 3 fully saturated rings. The molecule has 0 amide bonds. The summed E-state index contributed by atoms with van der Waals surface area (Å²) in [5, 5.41) is 4.04. The van der Waals surface area contributed by atoms with Gasteiger partial charge < -0.3 is 53.7 Å². The molecule has 10 aromatic rings. The van der Waals surface area contributed by atoms with Crippen LogP contribution in [0.3, 0.4) is 0 Å². The molecular formula is C79H104FN13O9. The first kappa shape index (κ1) is 77.0. The fourth-order valence-corrected chi connectivity index (χ4v) is 11.9. The number of methoxy groups -OCH3 is 3. The summed E-state index contributed by atoms with van der Waals surface area (Å²) in [6, 6.07) is 25.8. The van der Waals surface area contributed by atoms with E-state index in [4.69, 9.17) is 18.9 Å². The third kappa shape index (κ3) is 19.3. The van der Waals surface area contributed by atoms with Crippen LogP contribution in [0.15, 0.2) is 109 Å². The number of aromatic amines is 5. The summed E-state index contributed by atoms with van der Waals surface area (Å²) in [4.78, 5) is 103. The smallest absolute Gasteiger partial charge is 0.260 e. The molecule has 102 heavy (non-hydrogen) atoms. The van der Waals surface area contributed by atoms with Gasteiger partial charge in [-0.25, -0.2) is 24.3 Å². The number of benzene rings is 5. The zero-order valence-corrected chi connectivity index (χ0v) is 63.1. The average Bonchev–Trinajstić information content (AvgIpc) is 1.10. The van der Waals surface area contributed by atoms with Crippen molar-refractivity contribution >= 4 is 60.1 Å². The van der Waals surface area contributed by atoms with Crippen LogP contribution >= 0.6 is 0 Å². The molecule has 3 saturated heterocycles. The molecule has 8 heterocycles. The third-order valence-electron chi connectivity index (χ3n) is 18.2. The van der Waals surface area contributed by atoms with E-state index in [2.05, 4.69) is 137 Å². The number of likely N-dealkylation sites (N-methyl/N-ethyl adjacent to an activating group) is 1. The summed E-state index contributed by atoms with van der Waals surface area (Å²) >= 11 is 0. The predicted octanol–water partition coefficient (Wildman–Crippen LogP) is 12.1. The van der Waals surface area contributed by atoms with Gasteiger partial charge in [-0.15, -0.1) is 0 Å². The zero-order valence-electron chi connectivity index (χ0n) is 63.1. The normalized spacial score (nSPS) is 15.1. The number of aromatic nitrogens is 9. The maximum Gasteiger partial charge on any atom is 0.260 e. The van der Waals surface area contributed by atoms with Gasteiger partial charge in [0, 0.05) is 122 Å². The number of ether oxygens (including phenoxy) is 4. The number of fused-ring (bicyclic) bond motifs is 5. The van der Waals surface area contributed by atoms with Gasteiger partial charge in [-0.1, -0.05) is 122 Å². The number of nitrogens with zero attached hydrogens (tertiary/aromatic N) is 8. The number of nitrogens with one attached hydrogen (secondary N) is 5. The van der Waals surface area contributed by atoms with Gasteiger partial charge in [0.1, 0.15) is 34.9 Å². The molecule has 0 saturated carbocycles. The number of rotatable bonds is 8. The summed E-state index contributed by atoms with van der Waals surface area (Å²) in [5.74, 6) is 4.09. The highest BCUT2D eigenvalue weighted by Crippen LogP contribution is 2.33. The second kappa shape index (κ2) is 31.6. The van der Waals surface area contributed by atoms with Gasteiger partial charge >= 0.3 is 0 Å². The Balaban J connectivity index is 0.000000149. The van der Waals surface area contributed by atoms with Crippen molar-refractivity contribution < 1.29 is 23.3 Å². The summed E-state index contributed by atoms with van der Waals surface area (Å²) in [6.07, 6.45) is 2.15. The lowest BCUT2D eigenvalue weighted by Gasteiger charge is -2.32. The topological polar surface area (TPSA) is 266 Å². The number of morpholine rings is 1. The van der Waals surface area contributed by atoms with Crippen molar-refractivity contribution in [3.63, 3.8) is 0 Å². The van der Waals surface area contributed by atoms with Crippen molar-refractivity contribution in [2.45, 2.75) is 157 Å². The van der Waals surface area contributed by atoms with Crippen LogP contribution in [0.25, 0.3) is 54.4 Å². The molecule has 3 aliphatic rings. The SMILES string of the molecule is CC(C)(C)c1cc2ccc(CN3CCOCC3)cc2c(=O)[nH]1.CC(C)(C)c1nc2cc(F)cc(N3CCCC3)c2c(=O)[nH]1.CN1CCN(Cc2ccc3nc(C(C)(C)C)[nH]c(=O)c3c2)CC1.COc1cc2nc(C(C)(C)C)[nH]c(=O)c2cc1OC.COc1ccc2c(=O)[nH]c(C(C)(C)C)nc2c1. The zero-order chi connectivity index (χ0) is 74.4.